The number of H-pyrrole nitrogens is 2. The Morgan fingerprint density at radius 1 is 1.14 bits per heavy atom. The van der Waals surface area contributed by atoms with E-state index < -0.39 is 18.1 Å². The summed E-state index contributed by atoms with van der Waals surface area (Å²) in [7, 11) is 0. The van der Waals surface area contributed by atoms with Gasteiger partial charge in [0.15, 0.2) is 5.15 Å². The number of carbonyl (C=O) groups excluding carboxylic acids is 1. The summed E-state index contributed by atoms with van der Waals surface area (Å²) in [5, 5.41) is 15.0. The second-order valence-electron chi connectivity index (χ2n) is 9.37. The van der Waals surface area contributed by atoms with Gasteiger partial charge in [0.2, 0.25) is 5.82 Å². The average molecular weight is 522 g/mol. The first kappa shape index (κ1) is 26.5. The summed E-state index contributed by atoms with van der Waals surface area (Å²) in [6.07, 6.45) is 2.42. The van der Waals surface area contributed by atoms with Crippen LogP contribution < -0.4 is 5.73 Å². The number of halogens is 1. The third-order valence-electron chi connectivity index (χ3n) is 6.25. The molecule has 4 rings (SSSR count). The molecule has 0 fully saturated rings. The number of tetrazole rings is 1. The number of ether oxygens (including phenoxy) is 1. The monoisotopic (exact) mass is 521 g/mol. The summed E-state index contributed by atoms with van der Waals surface area (Å²) >= 11 is 6.53. The topological polar surface area (TPSA) is 135 Å². The van der Waals surface area contributed by atoms with Gasteiger partial charge in [0.25, 0.3) is 0 Å². The van der Waals surface area contributed by atoms with Gasteiger partial charge in [-0.1, -0.05) is 81.3 Å². The molecule has 9 nitrogen and oxygen atoms in total. The summed E-state index contributed by atoms with van der Waals surface area (Å²) in [5.41, 5.74) is 10.4. The van der Waals surface area contributed by atoms with Crippen LogP contribution in [0.3, 0.4) is 0 Å². The molecule has 0 radical (unpaired) electrons. The number of carbonyl (C=O) groups is 1. The van der Waals surface area contributed by atoms with E-state index in [1.54, 1.807) is 0 Å². The molecular formula is C27H32ClN7O2. The van der Waals surface area contributed by atoms with Crippen molar-refractivity contribution >= 4 is 17.6 Å². The van der Waals surface area contributed by atoms with Crippen molar-refractivity contribution < 1.29 is 9.53 Å². The molecule has 0 spiro atoms. The smallest absolute Gasteiger partial charge is 0.323 e. The molecule has 2 aromatic carbocycles. The number of nitrogens with zero attached hydrogens (tertiary/aromatic N) is 4. The highest BCUT2D eigenvalue weighted by atomic mass is 35.5. The van der Waals surface area contributed by atoms with Gasteiger partial charge in [-0.25, -0.2) is 4.98 Å². The lowest BCUT2D eigenvalue weighted by Crippen LogP contribution is -2.38. The molecule has 0 aliphatic heterocycles. The van der Waals surface area contributed by atoms with E-state index in [9.17, 15) is 4.79 Å². The number of benzene rings is 2. The highest BCUT2D eigenvalue weighted by molar-refractivity contribution is 6.30. The van der Waals surface area contributed by atoms with E-state index in [0.717, 1.165) is 47.3 Å². The normalized spacial score (nSPS) is 13.0. The lowest BCUT2D eigenvalue weighted by atomic mass is 9.95. The zero-order valence-electron chi connectivity index (χ0n) is 21.2. The molecule has 0 saturated heterocycles. The van der Waals surface area contributed by atoms with Crippen LogP contribution in [0.4, 0.5) is 0 Å². The fourth-order valence-corrected chi connectivity index (χ4v) is 4.32. The number of aromatic nitrogens is 6. The first-order chi connectivity index (χ1) is 17.9. The minimum Gasteiger partial charge on any atom is -0.454 e. The van der Waals surface area contributed by atoms with Crippen LogP contribution in [0, 0.1) is 5.92 Å². The van der Waals surface area contributed by atoms with Crippen molar-refractivity contribution in [2.45, 2.75) is 58.6 Å². The van der Waals surface area contributed by atoms with Crippen molar-refractivity contribution in [2.75, 3.05) is 0 Å². The van der Waals surface area contributed by atoms with E-state index in [1.165, 1.54) is 0 Å². The molecule has 4 aromatic rings. The highest BCUT2D eigenvalue weighted by Crippen LogP contribution is 2.34. The SMILES string of the molecule is CCCCc1nc(Cl)c([C@@H](Cc2ccc(-c3ccccc3)c(-c3nn[nH]n3)c2)OC(=O)[C@H](N)C(C)C)[nH]1. The van der Waals surface area contributed by atoms with Crippen molar-refractivity contribution in [2.24, 2.45) is 11.7 Å². The second-order valence-corrected chi connectivity index (χ2v) is 9.73. The predicted octanol–water partition coefficient (Wildman–Crippen LogP) is 5.06. The molecule has 0 aliphatic rings. The number of unbranched alkanes of at least 4 members (excludes halogenated alkanes) is 1. The lowest BCUT2D eigenvalue weighted by Gasteiger charge is -2.22. The Balaban J connectivity index is 1.71. The molecule has 0 bridgehead atoms. The largest absolute Gasteiger partial charge is 0.454 e. The van der Waals surface area contributed by atoms with E-state index >= 15 is 0 Å². The number of rotatable bonds is 11. The minimum atomic E-state index is -0.751. The Morgan fingerprint density at radius 2 is 1.92 bits per heavy atom. The Hall–Kier alpha value is -3.56. The summed E-state index contributed by atoms with van der Waals surface area (Å²) < 4.78 is 5.94. The fourth-order valence-electron chi connectivity index (χ4n) is 4.05. The van der Waals surface area contributed by atoms with Gasteiger partial charge in [0.05, 0.1) is 5.69 Å². The summed E-state index contributed by atoms with van der Waals surface area (Å²) in [6, 6.07) is 15.2. The maximum atomic E-state index is 12.9. The number of nitrogens with one attached hydrogen (secondary N) is 2. The maximum Gasteiger partial charge on any atom is 0.323 e. The Bertz CT molecular complexity index is 1310. The number of esters is 1. The van der Waals surface area contributed by atoms with Gasteiger partial charge in [-0.05, 0) is 40.3 Å². The number of nitrogens with two attached hydrogens (primary N) is 1. The number of imidazole rings is 1. The van der Waals surface area contributed by atoms with Gasteiger partial charge in [-0.3, -0.25) is 4.79 Å². The van der Waals surface area contributed by atoms with E-state index in [1.807, 2.05) is 62.4 Å². The van der Waals surface area contributed by atoms with Crippen molar-refractivity contribution in [3.05, 3.63) is 70.8 Å². The summed E-state index contributed by atoms with van der Waals surface area (Å²) in [4.78, 5) is 20.6. The lowest BCUT2D eigenvalue weighted by molar-refractivity contribution is -0.152. The van der Waals surface area contributed by atoms with Crippen LogP contribution in [0.25, 0.3) is 22.5 Å². The van der Waals surface area contributed by atoms with Gasteiger partial charge in [0.1, 0.15) is 18.0 Å². The Morgan fingerprint density at radius 3 is 2.59 bits per heavy atom. The molecule has 0 unspecified atom stereocenters. The van der Waals surface area contributed by atoms with E-state index in [4.69, 9.17) is 22.1 Å². The van der Waals surface area contributed by atoms with E-state index in [2.05, 4.69) is 37.5 Å². The molecule has 2 aromatic heterocycles. The molecule has 4 N–H and O–H groups in total. The minimum absolute atomic E-state index is 0.0690. The van der Waals surface area contributed by atoms with Crippen molar-refractivity contribution in [3.8, 4) is 22.5 Å². The molecule has 0 saturated carbocycles. The zero-order valence-corrected chi connectivity index (χ0v) is 22.0. The molecule has 37 heavy (non-hydrogen) atoms. The molecule has 2 heterocycles. The van der Waals surface area contributed by atoms with Gasteiger partial charge in [-0.15, -0.1) is 10.2 Å². The van der Waals surface area contributed by atoms with Gasteiger partial charge < -0.3 is 15.5 Å². The first-order valence-electron chi connectivity index (χ1n) is 12.5. The highest BCUT2D eigenvalue weighted by Gasteiger charge is 2.28. The molecule has 194 valence electrons. The van der Waals surface area contributed by atoms with E-state index in [-0.39, 0.29) is 5.92 Å². The predicted molar refractivity (Wildman–Crippen MR) is 143 cm³/mol. The van der Waals surface area contributed by atoms with Crippen LogP contribution in [-0.4, -0.2) is 42.6 Å². The summed E-state index contributed by atoms with van der Waals surface area (Å²) in [5.74, 6) is 0.682. The molecule has 0 aliphatic carbocycles. The first-order valence-corrected chi connectivity index (χ1v) is 12.9. The van der Waals surface area contributed by atoms with Crippen molar-refractivity contribution in [1.29, 1.82) is 0 Å². The standard InChI is InChI=1S/C27H32ClN7O2/c1-4-5-11-22-30-24(25(28)31-22)21(37-27(36)23(29)16(2)3)15-17-12-13-19(18-9-7-6-8-10-18)20(14-17)26-32-34-35-33-26/h6-10,12-14,16,21,23H,4-5,11,15,29H2,1-3H3,(H,30,31)(H,32,33,34,35)/t21-,23-/m1/s1. The van der Waals surface area contributed by atoms with Crippen LogP contribution in [-0.2, 0) is 22.4 Å². The van der Waals surface area contributed by atoms with Crippen LogP contribution >= 0.6 is 11.6 Å². The van der Waals surface area contributed by atoms with Gasteiger partial charge in [-0.2, -0.15) is 5.21 Å². The van der Waals surface area contributed by atoms with Crippen LogP contribution in [0.5, 0.6) is 0 Å². The van der Waals surface area contributed by atoms with Crippen molar-refractivity contribution in [1.82, 2.24) is 30.6 Å². The van der Waals surface area contributed by atoms with E-state index in [0.29, 0.717) is 23.1 Å². The fraction of sp³-hybridized carbons (Fsp3) is 0.370. The molecule has 2 atom stereocenters. The van der Waals surface area contributed by atoms with Crippen LogP contribution in [0.1, 0.15) is 56.8 Å². The quantitative estimate of drug-likeness (QED) is 0.234. The number of hydrogen-bond acceptors (Lipinski definition) is 7. The third kappa shape index (κ3) is 6.42. The average Bonchev–Trinajstić information content (AvgIpc) is 3.57. The molecule has 10 heteroatoms. The second kappa shape index (κ2) is 12.1. The zero-order chi connectivity index (χ0) is 26.4. The maximum absolute atomic E-state index is 12.9. The van der Waals surface area contributed by atoms with Crippen LogP contribution in [0.15, 0.2) is 48.5 Å². The number of hydrogen-bond donors (Lipinski definition) is 3. The summed E-state index contributed by atoms with van der Waals surface area (Å²) in [6.45, 7) is 5.88. The third-order valence-corrected chi connectivity index (χ3v) is 6.54. The van der Waals surface area contributed by atoms with Gasteiger partial charge >= 0.3 is 5.97 Å². The Kier molecular flexibility index (Phi) is 8.68. The number of aromatic amines is 2. The molecular weight excluding hydrogens is 490 g/mol. The van der Waals surface area contributed by atoms with Crippen LogP contribution in [0.2, 0.25) is 5.15 Å². The van der Waals surface area contributed by atoms with Gasteiger partial charge in [0, 0.05) is 18.4 Å². The van der Waals surface area contributed by atoms with Crippen molar-refractivity contribution in [3.63, 3.8) is 0 Å². The number of aryl methyl sites for hydroxylation is 1. The Labute approximate surface area is 221 Å². The molecule has 0 amide bonds.